The summed E-state index contributed by atoms with van der Waals surface area (Å²) in [5.74, 6) is -0.225. The van der Waals surface area contributed by atoms with Gasteiger partial charge >= 0.3 is 6.36 Å². The van der Waals surface area contributed by atoms with Crippen molar-refractivity contribution < 1.29 is 17.9 Å². The second-order valence-electron chi connectivity index (χ2n) is 2.63. The Hall–Kier alpha value is -1.26. The molecule has 1 aromatic rings. The molecule has 13 heavy (non-hydrogen) atoms. The van der Waals surface area contributed by atoms with Crippen LogP contribution in [0, 0.1) is 13.8 Å². The first kappa shape index (κ1) is 9.83. The molecule has 1 rings (SSSR count). The lowest BCUT2D eigenvalue weighted by atomic mass is 10.3. The minimum atomic E-state index is -4.64. The fraction of sp³-hybridized carbons (Fsp3) is 0.375. The molecule has 1 heterocycles. The normalized spacial score (nSPS) is 11.5. The standard InChI is InChI=1S/C8H8F3NO/c1-5-3-7(4-6(2)12-5)13-8(9,10)11/h3-4H,1-2H3. The number of nitrogens with zero attached hydrogens (tertiary/aromatic N) is 1. The van der Waals surface area contributed by atoms with Crippen molar-refractivity contribution in [1.29, 1.82) is 0 Å². The molecule has 0 aliphatic rings. The first-order chi connectivity index (χ1) is 5.87. The van der Waals surface area contributed by atoms with Gasteiger partial charge in [0.15, 0.2) is 0 Å². The second-order valence-corrected chi connectivity index (χ2v) is 2.63. The van der Waals surface area contributed by atoms with Crippen molar-refractivity contribution in [3.8, 4) is 5.75 Å². The van der Waals surface area contributed by atoms with Crippen LogP contribution in [0.15, 0.2) is 12.1 Å². The smallest absolute Gasteiger partial charge is 0.406 e. The molecule has 2 nitrogen and oxygen atoms in total. The van der Waals surface area contributed by atoms with E-state index >= 15 is 0 Å². The van der Waals surface area contributed by atoms with Gasteiger partial charge < -0.3 is 4.74 Å². The molecule has 0 amide bonds. The summed E-state index contributed by atoms with van der Waals surface area (Å²) >= 11 is 0. The average molecular weight is 191 g/mol. The van der Waals surface area contributed by atoms with Gasteiger partial charge in [0.25, 0.3) is 0 Å². The molecular weight excluding hydrogens is 183 g/mol. The second kappa shape index (κ2) is 3.24. The molecule has 0 fully saturated rings. The minimum Gasteiger partial charge on any atom is -0.406 e. The molecule has 0 bridgehead atoms. The molecule has 0 aliphatic heterocycles. The predicted molar refractivity (Wildman–Crippen MR) is 40.4 cm³/mol. The van der Waals surface area contributed by atoms with Crippen LogP contribution in [0.25, 0.3) is 0 Å². The number of hydrogen-bond acceptors (Lipinski definition) is 2. The van der Waals surface area contributed by atoms with Gasteiger partial charge in [0.2, 0.25) is 0 Å². The molecule has 0 saturated heterocycles. The maximum Gasteiger partial charge on any atom is 0.573 e. The molecule has 0 atom stereocenters. The van der Waals surface area contributed by atoms with Crippen LogP contribution in [0.3, 0.4) is 0 Å². The highest BCUT2D eigenvalue weighted by atomic mass is 19.4. The number of alkyl halides is 3. The monoisotopic (exact) mass is 191 g/mol. The van der Waals surface area contributed by atoms with Gasteiger partial charge in [-0.3, -0.25) is 4.98 Å². The highest BCUT2D eigenvalue weighted by molar-refractivity contribution is 5.26. The summed E-state index contributed by atoms with van der Waals surface area (Å²) in [7, 11) is 0. The summed E-state index contributed by atoms with van der Waals surface area (Å²) in [6.45, 7) is 3.21. The molecule has 0 aliphatic carbocycles. The van der Waals surface area contributed by atoms with Crippen molar-refractivity contribution in [3.05, 3.63) is 23.5 Å². The van der Waals surface area contributed by atoms with Gasteiger partial charge in [-0.05, 0) is 13.8 Å². The number of aromatic nitrogens is 1. The highest BCUT2D eigenvalue weighted by Crippen LogP contribution is 2.23. The van der Waals surface area contributed by atoms with Gasteiger partial charge in [-0.1, -0.05) is 0 Å². The summed E-state index contributed by atoms with van der Waals surface area (Å²) < 4.78 is 39.0. The van der Waals surface area contributed by atoms with Crippen LogP contribution in [0.2, 0.25) is 0 Å². The van der Waals surface area contributed by atoms with Crippen molar-refractivity contribution in [2.45, 2.75) is 20.2 Å². The Labute approximate surface area is 73.4 Å². The molecule has 0 saturated carbocycles. The van der Waals surface area contributed by atoms with E-state index in [-0.39, 0.29) is 5.75 Å². The Morgan fingerprint density at radius 1 is 1.15 bits per heavy atom. The van der Waals surface area contributed by atoms with Gasteiger partial charge in [-0.2, -0.15) is 0 Å². The number of hydrogen-bond donors (Lipinski definition) is 0. The number of aryl methyl sites for hydroxylation is 2. The van der Waals surface area contributed by atoms with E-state index in [1.165, 1.54) is 12.1 Å². The van der Waals surface area contributed by atoms with E-state index in [1.54, 1.807) is 13.8 Å². The summed E-state index contributed by atoms with van der Waals surface area (Å²) in [4.78, 5) is 3.92. The average Bonchev–Trinajstić information content (AvgIpc) is 1.78. The molecule has 0 unspecified atom stereocenters. The van der Waals surface area contributed by atoms with Crippen LogP contribution in [-0.4, -0.2) is 11.3 Å². The van der Waals surface area contributed by atoms with Crippen molar-refractivity contribution in [3.63, 3.8) is 0 Å². The Bertz CT molecular complexity index is 288. The van der Waals surface area contributed by atoms with Gasteiger partial charge in [0, 0.05) is 23.5 Å². The van der Waals surface area contributed by atoms with Gasteiger partial charge in [0.05, 0.1) is 0 Å². The Kier molecular flexibility index (Phi) is 2.45. The molecular formula is C8H8F3NO. The minimum absolute atomic E-state index is 0.225. The van der Waals surface area contributed by atoms with Gasteiger partial charge in [-0.25, -0.2) is 0 Å². The number of rotatable bonds is 1. The van der Waals surface area contributed by atoms with Crippen LogP contribution < -0.4 is 4.74 Å². The zero-order chi connectivity index (χ0) is 10.1. The third-order valence-corrected chi connectivity index (χ3v) is 1.29. The van der Waals surface area contributed by atoms with Crippen molar-refractivity contribution in [1.82, 2.24) is 4.98 Å². The third kappa shape index (κ3) is 3.31. The van der Waals surface area contributed by atoms with Crippen LogP contribution in [0.4, 0.5) is 13.2 Å². The lowest BCUT2D eigenvalue weighted by Gasteiger charge is -2.09. The first-order valence-electron chi connectivity index (χ1n) is 3.58. The molecule has 5 heteroatoms. The maximum absolute atomic E-state index is 11.8. The fourth-order valence-corrected chi connectivity index (χ4v) is 0.989. The SMILES string of the molecule is Cc1cc(OC(F)(F)F)cc(C)n1. The Morgan fingerprint density at radius 3 is 2.00 bits per heavy atom. The van der Waals surface area contributed by atoms with Crippen LogP contribution in [0.5, 0.6) is 5.75 Å². The predicted octanol–water partition coefficient (Wildman–Crippen LogP) is 2.60. The zero-order valence-electron chi connectivity index (χ0n) is 7.14. The Morgan fingerprint density at radius 2 is 1.62 bits per heavy atom. The van der Waals surface area contributed by atoms with E-state index in [1.807, 2.05) is 0 Å². The van der Waals surface area contributed by atoms with Gasteiger partial charge in [-0.15, -0.1) is 13.2 Å². The van der Waals surface area contributed by atoms with E-state index in [0.717, 1.165) is 0 Å². The summed E-state index contributed by atoms with van der Waals surface area (Å²) in [5.41, 5.74) is 0.999. The largest absolute Gasteiger partial charge is 0.573 e. The Balaban J connectivity index is 2.90. The van der Waals surface area contributed by atoms with E-state index in [9.17, 15) is 13.2 Å². The highest BCUT2D eigenvalue weighted by Gasteiger charge is 2.31. The van der Waals surface area contributed by atoms with Crippen molar-refractivity contribution in [2.24, 2.45) is 0 Å². The lowest BCUT2D eigenvalue weighted by molar-refractivity contribution is -0.274. The molecule has 1 aromatic heterocycles. The van der Waals surface area contributed by atoms with Crippen LogP contribution >= 0.6 is 0 Å². The molecule has 0 spiro atoms. The maximum atomic E-state index is 11.8. The summed E-state index contributed by atoms with van der Waals surface area (Å²) in [6, 6.07) is 2.47. The van der Waals surface area contributed by atoms with Crippen LogP contribution in [-0.2, 0) is 0 Å². The zero-order valence-corrected chi connectivity index (χ0v) is 7.14. The summed E-state index contributed by atoms with van der Waals surface area (Å²) in [6.07, 6.45) is -4.64. The first-order valence-corrected chi connectivity index (χ1v) is 3.58. The number of pyridine rings is 1. The fourth-order valence-electron chi connectivity index (χ4n) is 0.989. The number of halogens is 3. The third-order valence-electron chi connectivity index (χ3n) is 1.29. The topological polar surface area (TPSA) is 22.1 Å². The van der Waals surface area contributed by atoms with E-state index in [4.69, 9.17) is 0 Å². The molecule has 0 aromatic carbocycles. The van der Waals surface area contributed by atoms with E-state index in [0.29, 0.717) is 11.4 Å². The van der Waals surface area contributed by atoms with E-state index < -0.39 is 6.36 Å². The van der Waals surface area contributed by atoms with Crippen molar-refractivity contribution >= 4 is 0 Å². The summed E-state index contributed by atoms with van der Waals surface area (Å²) in [5, 5.41) is 0. The van der Waals surface area contributed by atoms with E-state index in [2.05, 4.69) is 9.72 Å². The lowest BCUT2D eigenvalue weighted by Crippen LogP contribution is -2.17. The quantitative estimate of drug-likeness (QED) is 0.680. The number of ether oxygens (including phenoxy) is 1. The molecule has 0 N–H and O–H groups in total. The van der Waals surface area contributed by atoms with Crippen LogP contribution in [0.1, 0.15) is 11.4 Å². The van der Waals surface area contributed by atoms with Gasteiger partial charge in [0.1, 0.15) is 5.75 Å². The molecule has 0 radical (unpaired) electrons. The van der Waals surface area contributed by atoms with Crippen molar-refractivity contribution in [2.75, 3.05) is 0 Å². The molecule has 72 valence electrons.